The fourth-order valence-corrected chi connectivity index (χ4v) is 5.25. The van der Waals surface area contributed by atoms with Gasteiger partial charge in [0.15, 0.2) is 21.3 Å². The van der Waals surface area contributed by atoms with Gasteiger partial charge in [0, 0.05) is 25.0 Å². The quantitative estimate of drug-likeness (QED) is 0.778. The fourth-order valence-electron chi connectivity index (χ4n) is 3.57. The second-order valence-electron chi connectivity index (χ2n) is 6.67. The lowest BCUT2D eigenvalue weighted by Crippen LogP contribution is -2.44. The molecule has 10 heteroatoms. The molecule has 2 fully saturated rings. The third kappa shape index (κ3) is 3.30. The molecule has 4 heterocycles. The van der Waals surface area contributed by atoms with Crippen molar-refractivity contribution in [3.05, 3.63) is 12.7 Å². The molecular weight excluding hydrogens is 344 g/mol. The lowest BCUT2D eigenvalue weighted by Gasteiger charge is -2.32. The third-order valence-electron chi connectivity index (χ3n) is 4.95. The third-order valence-corrected chi connectivity index (χ3v) is 6.72. The van der Waals surface area contributed by atoms with E-state index in [0.29, 0.717) is 38.0 Å². The molecule has 1 atom stereocenters. The molecule has 2 aromatic heterocycles. The van der Waals surface area contributed by atoms with Gasteiger partial charge >= 0.3 is 0 Å². The van der Waals surface area contributed by atoms with Crippen molar-refractivity contribution in [1.82, 2.24) is 25.3 Å². The molecule has 2 aliphatic heterocycles. The zero-order valence-corrected chi connectivity index (χ0v) is 14.5. The van der Waals surface area contributed by atoms with Gasteiger partial charge in [0.25, 0.3) is 0 Å². The molecular formula is C15H20N6O3S. The zero-order chi connectivity index (χ0) is 17.4. The number of rotatable bonds is 3. The van der Waals surface area contributed by atoms with E-state index in [0.717, 1.165) is 11.3 Å². The van der Waals surface area contributed by atoms with Gasteiger partial charge in [0.2, 0.25) is 5.91 Å². The van der Waals surface area contributed by atoms with E-state index in [1.54, 1.807) is 6.33 Å². The first-order chi connectivity index (χ1) is 12.0. The zero-order valence-electron chi connectivity index (χ0n) is 13.7. The minimum absolute atomic E-state index is 0.0314. The number of amides is 1. The van der Waals surface area contributed by atoms with Crippen LogP contribution >= 0.6 is 0 Å². The second kappa shape index (κ2) is 6.25. The van der Waals surface area contributed by atoms with Crippen molar-refractivity contribution in [3.8, 4) is 0 Å². The predicted molar refractivity (Wildman–Crippen MR) is 91.8 cm³/mol. The Morgan fingerprint density at radius 3 is 2.72 bits per heavy atom. The van der Waals surface area contributed by atoms with Crippen molar-refractivity contribution in [2.75, 3.05) is 29.5 Å². The molecule has 25 heavy (non-hydrogen) atoms. The van der Waals surface area contributed by atoms with Gasteiger partial charge in [-0.25, -0.2) is 23.4 Å². The highest BCUT2D eigenvalue weighted by molar-refractivity contribution is 7.91. The lowest BCUT2D eigenvalue weighted by molar-refractivity contribution is -0.126. The van der Waals surface area contributed by atoms with Gasteiger partial charge in [-0.3, -0.25) is 4.79 Å². The van der Waals surface area contributed by atoms with Gasteiger partial charge in [0.05, 0.1) is 17.8 Å². The van der Waals surface area contributed by atoms with Crippen molar-refractivity contribution in [2.24, 2.45) is 5.92 Å². The molecule has 1 amide bonds. The summed E-state index contributed by atoms with van der Waals surface area (Å²) in [5.41, 5.74) is 1.44. The van der Waals surface area contributed by atoms with Gasteiger partial charge in [-0.15, -0.1) is 0 Å². The fraction of sp³-hybridized carbons (Fsp3) is 0.600. The molecule has 0 aliphatic carbocycles. The molecule has 134 valence electrons. The first kappa shape index (κ1) is 16.2. The maximum Gasteiger partial charge on any atom is 0.223 e. The Morgan fingerprint density at radius 1 is 1.20 bits per heavy atom. The summed E-state index contributed by atoms with van der Waals surface area (Å²) in [5.74, 6) is 0.929. The number of nitrogens with one attached hydrogen (secondary N) is 2. The van der Waals surface area contributed by atoms with Crippen LogP contribution in [0.4, 0.5) is 5.82 Å². The van der Waals surface area contributed by atoms with E-state index in [-0.39, 0.29) is 29.4 Å². The van der Waals surface area contributed by atoms with Gasteiger partial charge in [-0.2, -0.15) is 0 Å². The summed E-state index contributed by atoms with van der Waals surface area (Å²) >= 11 is 0. The van der Waals surface area contributed by atoms with Crippen LogP contribution in [-0.2, 0) is 14.6 Å². The molecule has 9 nitrogen and oxygen atoms in total. The highest BCUT2D eigenvalue weighted by atomic mass is 32.2. The second-order valence-corrected chi connectivity index (χ2v) is 8.90. The number of aromatic nitrogens is 4. The topological polar surface area (TPSA) is 121 Å². The Morgan fingerprint density at radius 2 is 2.00 bits per heavy atom. The smallest absolute Gasteiger partial charge is 0.223 e. The van der Waals surface area contributed by atoms with Crippen LogP contribution in [0.3, 0.4) is 0 Å². The Bertz CT molecular complexity index is 888. The SMILES string of the molecule is O=C(N[C@H]1CCS(=O)(=O)C1)C1CCN(c2ncnc3nc[nH]c23)CC1. The number of imidazole rings is 1. The summed E-state index contributed by atoms with van der Waals surface area (Å²) in [5, 5.41) is 2.91. The number of hydrogen-bond acceptors (Lipinski definition) is 7. The van der Waals surface area contributed by atoms with Crippen LogP contribution in [0.25, 0.3) is 11.2 Å². The summed E-state index contributed by atoms with van der Waals surface area (Å²) in [6.07, 6.45) is 5.04. The summed E-state index contributed by atoms with van der Waals surface area (Å²) in [6, 6.07) is -0.234. The highest BCUT2D eigenvalue weighted by Crippen LogP contribution is 2.26. The lowest BCUT2D eigenvalue weighted by atomic mass is 9.95. The summed E-state index contributed by atoms with van der Waals surface area (Å²) in [6.45, 7) is 1.43. The Labute approximate surface area is 145 Å². The van der Waals surface area contributed by atoms with Crippen LogP contribution in [0.2, 0.25) is 0 Å². The molecule has 2 saturated heterocycles. The molecule has 4 rings (SSSR count). The minimum atomic E-state index is -2.98. The first-order valence-electron chi connectivity index (χ1n) is 8.42. The van der Waals surface area contributed by atoms with Crippen LogP contribution in [0.1, 0.15) is 19.3 Å². The molecule has 0 aromatic carbocycles. The monoisotopic (exact) mass is 364 g/mol. The molecule has 0 radical (unpaired) electrons. The van der Waals surface area contributed by atoms with Crippen molar-refractivity contribution in [3.63, 3.8) is 0 Å². The predicted octanol–water partition coefficient (Wildman–Crippen LogP) is -0.127. The van der Waals surface area contributed by atoms with Gasteiger partial charge in [-0.1, -0.05) is 0 Å². The average molecular weight is 364 g/mol. The van der Waals surface area contributed by atoms with Crippen LogP contribution in [0.5, 0.6) is 0 Å². The Kier molecular flexibility index (Phi) is 4.06. The highest BCUT2D eigenvalue weighted by Gasteiger charge is 2.32. The normalized spacial score (nSPS) is 23.8. The van der Waals surface area contributed by atoms with Gasteiger partial charge < -0.3 is 15.2 Å². The Hall–Kier alpha value is -2.23. The maximum absolute atomic E-state index is 12.4. The van der Waals surface area contributed by atoms with Crippen molar-refractivity contribution in [1.29, 1.82) is 0 Å². The standard InChI is InChI=1S/C15H20N6O3S/c22-15(20-11-3-6-25(23,24)7-11)10-1-4-21(5-2-10)14-12-13(17-8-16-12)18-9-19-14/h8-11H,1-7H2,(H,20,22)(H,16,17,18,19)/t11-/m0/s1. The van der Waals surface area contributed by atoms with Crippen LogP contribution in [0.15, 0.2) is 12.7 Å². The molecule has 2 aromatic rings. The summed E-state index contributed by atoms with van der Waals surface area (Å²) in [7, 11) is -2.98. The van der Waals surface area contributed by atoms with E-state index in [1.807, 2.05) is 0 Å². The number of piperidine rings is 1. The van der Waals surface area contributed by atoms with E-state index in [2.05, 4.69) is 30.2 Å². The minimum Gasteiger partial charge on any atom is -0.355 e. The van der Waals surface area contributed by atoms with E-state index in [4.69, 9.17) is 0 Å². The molecule has 2 aliphatic rings. The molecule has 0 saturated carbocycles. The number of hydrogen-bond donors (Lipinski definition) is 2. The summed E-state index contributed by atoms with van der Waals surface area (Å²) < 4.78 is 23.0. The average Bonchev–Trinajstić information content (AvgIpc) is 3.20. The van der Waals surface area contributed by atoms with Crippen LogP contribution in [0, 0.1) is 5.92 Å². The van der Waals surface area contributed by atoms with Gasteiger partial charge in [0.1, 0.15) is 11.8 Å². The van der Waals surface area contributed by atoms with Crippen LogP contribution < -0.4 is 10.2 Å². The first-order valence-corrected chi connectivity index (χ1v) is 10.2. The van der Waals surface area contributed by atoms with Crippen molar-refractivity contribution in [2.45, 2.75) is 25.3 Å². The van der Waals surface area contributed by atoms with Crippen molar-refractivity contribution < 1.29 is 13.2 Å². The summed E-state index contributed by atoms with van der Waals surface area (Å²) in [4.78, 5) is 30.2. The number of aromatic amines is 1. The molecule has 2 N–H and O–H groups in total. The molecule has 0 bridgehead atoms. The number of H-pyrrole nitrogens is 1. The van der Waals surface area contributed by atoms with E-state index >= 15 is 0 Å². The maximum atomic E-state index is 12.4. The van der Waals surface area contributed by atoms with E-state index in [9.17, 15) is 13.2 Å². The van der Waals surface area contributed by atoms with Crippen molar-refractivity contribution >= 4 is 32.7 Å². The van der Waals surface area contributed by atoms with E-state index < -0.39 is 9.84 Å². The number of nitrogens with zero attached hydrogens (tertiary/aromatic N) is 4. The largest absolute Gasteiger partial charge is 0.355 e. The van der Waals surface area contributed by atoms with E-state index in [1.165, 1.54) is 6.33 Å². The number of anilines is 1. The number of sulfone groups is 1. The number of carbonyl (C=O) groups excluding carboxylic acids is 1. The number of fused-ring (bicyclic) bond motifs is 1. The molecule has 0 unspecified atom stereocenters. The Balaban J connectivity index is 1.37. The van der Waals surface area contributed by atoms with Crippen LogP contribution in [-0.4, -0.2) is 64.9 Å². The molecule has 0 spiro atoms. The van der Waals surface area contributed by atoms with Gasteiger partial charge in [-0.05, 0) is 19.3 Å². The number of carbonyl (C=O) groups is 1.